The predicted molar refractivity (Wildman–Crippen MR) is 78.7 cm³/mol. The van der Waals surface area contributed by atoms with Crippen molar-refractivity contribution in [1.82, 2.24) is 10.6 Å². The van der Waals surface area contributed by atoms with E-state index in [0.717, 1.165) is 24.5 Å². The van der Waals surface area contributed by atoms with Gasteiger partial charge in [-0.25, -0.2) is 4.39 Å². The molecule has 3 nitrogen and oxygen atoms in total. The number of hydrogen-bond donors (Lipinski definition) is 2. The molecule has 4 heteroatoms. The quantitative estimate of drug-likeness (QED) is 0.451. The summed E-state index contributed by atoms with van der Waals surface area (Å²) in [4.78, 5) is 4.14. The molecule has 0 aliphatic heterocycles. The molecule has 0 radical (unpaired) electrons. The van der Waals surface area contributed by atoms with Gasteiger partial charge in [0.05, 0.1) is 0 Å². The van der Waals surface area contributed by atoms with E-state index in [1.54, 1.807) is 13.1 Å². The van der Waals surface area contributed by atoms with Gasteiger partial charge < -0.3 is 10.6 Å². The lowest BCUT2D eigenvalue weighted by Crippen LogP contribution is -2.37. The Morgan fingerprint density at radius 1 is 1.21 bits per heavy atom. The molecule has 19 heavy (non-hydrogen) atoms. The summed E-state index contributed by atoms with van der Waals surface area (Å²) in [5, 5.41) is 6.43. The molecule has 0 saturated heterocycles. The van der Waals surface area contributed by atoms with Crippen LogP contribution >= 0.6 is 0 Å². The monoisotopic (exact) mass is 265 g/mol. The molecule has 0 amide bonds. The number of nitrogens with zero attached hydrogens (tertiary/aromatic N) is 1. The van der Waals surface area contributed by atoms with Gasteiger partial charge in [0, 0.05) is 20.1 Å². The molecular weight excluding hydrogens is 241 g/mol. The van der Waals surface area contributed by atoms with Crippen LogP contribution < -0.4 is 10.6 Å². The molecular formula is C15H24FN3. The lowest BCUT2D eigenvalue weighted by atomic mass is 10.2. The second-order valence-corrected chi connectivity index (χ2v) is 4.54. The summed E-state index contributed by atoms with van der Waals surface area (Å²) in [6, 6.07) is 6.59. The fraction of sp³-hybridized carbons (Fsp3) is 0.533. The Balaban J connectivity index is 2.25. The highest BCUT2D eigenvalue weighted by molar-refractivity contribution is 5.79. The predicted octanol–water partition coefficient (Wildman–Crippen LogP) is 3.07. The first-order valence-corrected chi connectivity index (χ1v) is 6.95. The van der Waals surface area contributed by atoms with Crippen LogP contribution in [-0.2, 0) is 6.54 Å². The van der Waals surface area contributed by atoms with Crippen molar-refractivity contribution in [2.24, 2.45) is 4.99 Å². The van der Waals surface area contributed by atoms with Gasteiger partial charge >= 0.3 is 0 Å². The standard InChI is InChI=1S/C15H24FN3/c1-3-4-5-6-10-18-15(17-2)19-12-13-8-7-9-14(16)11-13/h7-9,11H,3-6,10,12H2,1-2H3,(H2,17,18,19). The lowest BCUT2D eigenvalue weighted by molar-refractivity contribution is 0.624. The first-order chi connectivity index (χ1) is 9.26. The molecule has 0 unspecified atom stereocenters. The highest BCUT2D eigenvalue weighted by Crippen LogP contribution is 2.02. The summed E-state index contributed by atoms with van der Waals surface area (Å²) >= 11 is 0. The largest absolute Gasteiger partial charge is 0.356 e. The summed E-state index contributed by atoms with van der Waals surface area (Å²) in [6.45, 7) is 3.70. The Bertz CT molecular complexity index is 391. The van der Waals surface area contributed by atoms with Crippen LogP contribution in [0.3, 0.4) is 0 Å². The Morgan fingerprint density at radius 2 is 2.05 bits per heavy atom. The zero-order valence-corrected chi connectivity index (χ0v) is 11.9. The maximum absolute atomic E-state index is 13.0. The van der Waals surface area contributed by atoms with Gasteiger partial charge in [0.2, 0.25) is 0 Å². The van der Waals surface area contributed by atoms with E-state index in [-0.39, 0.29) is 5.82 Å². The second kappa shape index (κ2) is 9.36. The summed E-state index contributed by atoms with van der Waals surface area (Å²) in [5.74, 6) is 0.558. The number of nitrogens with one attached hydrogen (secondary N) is 2. The fourth-order valence-electron chi connectivity index (χ4n) is 1.81. The van der Waals surface area contributed by atoms with E-state index in [9.17, 15) is 4.39 Å². The van der Waals surface area contributed by atoms with Crippen LogP contribution in [0.4, 0.5) is 4.39 Å². The molecule has 1 aromatic carbocycles. The van der Waals surface area contributed by atoms with Crippen molar-refractivity contribution in [3.63, 3.8) is 0 Å². The van der Waals surface area contributed by atoms with Crippen LogP contribution in [0.2, 0.25) is 0 Å². The van der Waals surface area contributed by atoms with Crippen molar-refractivity contribution in [2.45, 2.75) is 39.2 Å². The van der Waals surface area contributed by atoms with Crippen molar-refractivity contribution >= 4 is 5.96 Å². The van der Waals surface area contributed by atoms with Gasteiger partial charge in [-0.15, -0.1) is 0 Å². The Kier molecular flexibility index (Phi) is 7.63. The Labute approximate surface area is 115 Å². The highest BCUT2D eigenvalue weighted by atomic mass is 19.1. The van der Waals surface area contributed by atoms with E-state index >= 15 is 0 Å². The van der Waals surface area contributed by atoms with Crippen LogP contribution in [0.5, 0.6) is 0 Å². The van der Waals surface area contributed by atoms with Gasteiger partial charge in [0.25, 0.3) is 0 Å². The van der Waals surface area contributed by atoms with Crippen LogP contribution in [0.1, 0.15) is 38.2 Å². The van der Waals surface area contributed by atoms with E-state index in [0.29, 0.717) is 6.54 Å². The van der Waals surface area contributed by atoms with Gasteiger partial charge in [0.1, 0.15) is 5.82 Å². The molecule has 0 aliphatic rings. The zero-order chi connectivity index (χ0) is 13.9. The first kappa shape index (κ1) is 15.5. The van der Waals surface area contributed by atoms with Crippen molar-refractivity contribution in [2.75, 3.05) is 13.6 Å². The third kappa shape index (κ3) is 6.79. The summed E-state index contributed by atoms with van der Waals surface area (Å²) in [6.07, 6.45) is 4.91. The molecule has 0 fully saturated rings. The average molecular weight is 265 g/mol. The van der Waals surface area contributed by atoms with Crippen LogP contribution in [0.15, 0.2) is 29.3 Å². The first-order valence-electron chi connectivity index (χ1n) is 6.95. The molecule has 106 valence electrons. The number of unbranched alkanes of at least 4 members (excludes halogenated alkanes) is 3. The molecule has 0 spiro atoms. The summed E-state index contributed by atoms with van der Waals surface area (Å²) in [7, 11) is 1.74. The third-order valence-corrected chi connectivity index (χ3v) is 2.90. The van der Waals surface area contributed by atoms with Crippen LogP contribution in [0, 0.1) is 5.82 Å². The average Bonchev–Trinajstić information content (AvgIpc) is 2.42. The van der Waals surface area contributed by atoms with Gasteiger partial charge in [0.15, 0.2) is 5.96 Å². The SMILES string of the molecule is CCCCCCNC(=NC)NCc1cccc(F)c1. The minimum Gasteiger partial charge on any atom is -0.356 e. The van der Waals surface area contributed by atoms with Gasteiger partial charge in [-0.1, -0.05) is 38.3 Å². The maximum atomic E-state index is 13.0. The molecule has 1 rings (SSSR count). The van der Waals surface area contributed by atoms with E-state index < -0.39 is 0 Å². The highest BCUT2D eigenvalue weighted by Gasteiger charge is 1.99. The smallest absolute Gasteiger partial charge is 0.191 e. The van der Waals surface area contributed by atoms with Crippen molar-refractivity contribution in [1.29, 1.82) is 0 Å². The number of benzene rings is 1. The molecule has 2 N–H and O–H groups in total. The van der Waals surface area contributed by atoms with Crippen molar-refractivity contribution in [3.05, 3.63) is 35.6 Å². The molecule has 0 atom stereocenters. The van der Waals surface area contributed by atoms with Crippen LogP contribution in [0.25, 0.3) is 0 Å². The Morgan fingerprint density at radius 3 is 2.74 bits per heavy atom. The number of guanidine groups is 1. The minimum absolute atomic E-state index is 0.207. The molecule has 0 aliphatic carbocycles. The molecule has 0 heterocycles. The van der Waals surface area contributed by atoms with Gasteiger partial charge in [-0.05, 0) is 24.1 Å². The van der Waals surface area contributed by atoms with E-state index in [2.05, 4.69) is 22.5 Å². The maximum Gasteiger partial charge on any atom is 0.191 e. The number of rotatable bonds is 7. The van der Waals surface area contributed by atoms with Crippen LogP contribution in [-0.4, -0.2) is 19.6 Å². The second-order valence-electron chi connectivity index (χ2n) is 4.54. The minimum atomic E-state index is -0.207. The number of aliphatic imine (C=N–C) groups is 1. The normalized spacial score (nSPS) is 11.4. The zero-order valence-electron chi connectivity index (χ0n) is 11.9. The molecule has 0 bridgehead atoms. The lowest BCUT2D eigenvalue weighted by Gasteiger charge is -2.11. The summed E-state index contributed by atoms with van der Waals surface area (Å²) < 4.78 is 13.0. The van der Waals surface area contributed by atoms with E-state index in [4.69, 9.17) is 0 Å². The number of halogens is 1. The third-order valence-electron chi connectivity index (χ3n) is 2.90. The van der Waals surface area contributed by atoms with Crippen molar-refractivity contribution in [3.8, 4) is 0 Å². The van der Waals surface area contributed by atoms with E-state index in [1.165, 1.54) is 31.4 Å². The van der Waals surface area contributed by atoms with Gasteiger partial charge in [-0.2, -0.15) is 0 Å². The number of hydrogen-bond acceptors (Lipinski definition) is 1. The molecule has 0 saturated carbocycles. The Hall–Kier alpha value is -1.58. The summed E-state index contributed by atoms with van der Waals surface area (Å²) in [5.41, 5.74) is 0.911. The topological polar surface area (TPSA) is 36.4 Å². The van der Waals surface area contributed by atoms with Gasteiger partial charge in [-0.3, -0.25) is 4.99 Å². The fourth-order valence-corrected chi connectivity index (χ4v) is 1.81. The van der Waals surface area contributed by atoms with Crippen molar-refractivity contribution < 1.29 is 4.39 Å². The van der Waals surface area contributed by atoms with E-state index in [1.807, 2.05) is 6.07 Å². The molecule has 0 aromatic heterocycles. The molecule has 1 aromatic rings.